The molecule has 4 atom stereocenters. The van der Waals surface area contributed by atoms with Gasteiger partial charge in [0.05, 0.1) is 24.6 Å². The summed E-state index contributed by atoms with van der Waals surface area (Å²) in [5.41, 5.74) is 1.99. The Labute approximate surface area is 180 Å². The highest BCUT2D eigenvalue weighted by atomic mass is 16.5. The first kappa shape index (κ1) is 18.6. The van der Waals surface area contributed by atoms with Gasteiger partial charge in [-0.25, -0.2) is 4.90 Å². The van der Waals surface area contributed by atoms with Gasteiger partial charge in [-0.3, -0.25) is 19.3 Å². The molecule has 3 fully saturated rings. The summed E-state index contributed by atoms with van der Waals surface area (Å²) in [7, 11) is 1.57. The Morgan fingerprint density at radius 1 is 1.06 bits per heavy atom. The number of methoxy groups -OCH3 is 1. The molecule has 3 saturated heterocycles. The SMILES string of the molecule is COc1ccc(N2C(=O)C3C4CCCN4C4(C(=O)Nc5ccc(C)cc54)C3C2=O)cc1. The number of imide groups is 1. The molecule has 158 valence electrons. The molecule has 2 aromatic rings. The minimum absolute atomic E-state index is 0.109. The Morgan fingerprint density at radius 2 is 1.84 bits per heavy atom. The average molecular weight is 417 g/mol. The number of carbonyl (C=O) groups is 3. The van der Waals surface area contributed by atoms with Crippen molar-refractivity contribution in [3.8, 4) is 5.75 Å². The minimum Gasteiger partial charge on any atom is -0.497 e. The van der Waals surface area contributed by atoms with E-state index in [0.717, 1.165) is 29.7 Å². The summed E-state index contributed by atoms with van der Waals surface area (Å²) in [5.74, 6) is -1.28. The molecule has 6 rings (SSSR count). The van der Waals surface area contributed by atoms with E-state index in [1.165, 1.54) is 4.90 Å². The molecule has 0 saturated carbocycles. The second-order valence-corrected chi connectivity index (χ2v) is 8.89. The molecule has 4 heterocycles. The number of hydrogen-bond acceptors (Lipinski definition) is 5. The normalized spacial score (nSPS) is 31.2. The summed E-state index contributed by atoms with van der Waals surface area (Å²) in [6.07, 6.45) is 1.72. The van der Waals surface area contributed by atoms with Crippen molar-refractivity contribution in [1.82, 2.24) is 4.90 Å². The lowest BCUT2D eigenvalue weighted by molar-refractivity contribution is -0.135. The van der Waals surface area contributed by atoms with E-state index in [9.17, 15) is 14.4 Å². The molecule has 0 radical (unpaired) electrons. The number of amides is 3. The van der Waals surface area contributed by atoms with E-state index in [2.05, 4.69) is 10.2 Å². The molecule has 7 heteroatoms. The molecule has 4 unspecified atom stereocenters. The van der Waals surface area contributed by atoms with Gasteiger partial charge in [0.1, 0.15) is 11.3 Å². The maximum absolute atomic E-state index is 13.9. The average Bonchev–Trinajstić information content (AvgIpc) is 3.47. The zero-order valence-electron chi connectivity index (χ0n) is 17.4. The van der Waals surface area contributed by atoms with Crippen molar-refractivity contribution in [2.24, 2.45) is 11.8 Å². The molecule has 31 heavy (non-hydrogen) atoms. The third-order valence-electron chi connectivity index (χ3n) is 7.48. The molecule has 4 aliphatic rings. The van der Waals surface area contributed by atoms with E-state index in [1.807, 2.05) is 25.1 Å². The number of rotatable bonds is 2. The zero-order valence-corrected chi connectivity index (χ0v) is 17.4. The van der Waals surface area contributed by atoms with Crippen LogP contribution in [-0.4, -0.2) is 42.3 Å². The Hall–Kier alpha value is -3.19. The van der Waals surface area contributed by atoms with Gasteiger partial charge in [-0.05, 0) is 56.6 Å². The predicted octanol–water partition coefficient (Wildman–Crippen LogP) is 2.43. The van der Waals surface area contributed by atoms with E-state index in [1.54, 1.807) is 31.4 Å². The maximum atomic E-state index is 13.9. The number of fused-ring (bicyclic) bond motifs is 7. The number of benzene rings is 2. The molecule has 7 nitrogen and oxygen atoms in total. The molecule has 1 N–H and O–H groups in total. The largest absolute Gasteiger partial charge is 0.497 e. The molecular formula is C24H23N3O4. The number of nitrogens with one attached hydrogen (secondary N) is 1. The highest BCUT2D eigenvalue weighted by molar-refractivity contribution is 6.25. The zero-order chi connectivity index (χ0) is 21.5. The fourth-order valence-electron chi connectivity index (χ4n) is 6.30. The lowest BCUT2D eigenvalue weighted by Crippen LogP contribution is -2.54. The van der Waals surface area contributed by atoms with E-state index in [4.69, 9.17) is 4.74 Å². The molecule has 2 aromatic carbocycles. The Morgan fingerprint density at radius 3 is 2.58 bits per heavy atom. The highest BCUT2D eigenvalue weighted by Crippen LogP contribution is 2.60. The van der Waals surface area contributed by atoms with Crippen molar-refractivity contribution in [1.29, 1.82) is 0 Å². The van der Waals surface area contributed by atoms with Gasteiger partial charge in [0.25, 0.3) is 0 Å². The van der Waals surface area contributed by atoms with Crippen molar-refractivity contribution in [2.45, 2.75) is 31.3 Å². The fraction of sp³-hybridized carbons (Fsp3) is 0.375. The van der Waals surface area contributed by atoms with Gasteiger partial charge in [0, 0.05) is 17.3 Å². The summed E-state index contributed by atoms with van der Waals surface area (Å²) in [6, 6.07) is 12.7. The van der Waals surface area contributed by atoms with E-state index >= 15 is 0 Å². The molecule has 1 spiro atoms. The molecule has 0 aromatic heterocycles. The van der Waals surface area contributed by atoms with Crippen LogP contribution in [0.25, 0.3) is 0 Å². The Balaban J connectivity index is 1.53. The van der Waals surface area contributed by atoms with Gasteiger partial charge in [-0.2, -0.15) is 0 Å². The molecule has 0 bridgehead atoms. The standard InChI is InChI=1S/C24H23N3O4/c1-13-5-10-17-16(12-13)24(23(30)25-17)20-19(18-4-3-11-26(18)24)21(28)27(22(20)29)14-6-8-15(31-2)9-7-14/h5-10,12,18-20H,3-4,11H2,1-2H3,(H,25,30). The monoisotopic (exact) mass is 417 g/mol. The van der Waals surface area contributed by atoms with Crippen LogP contribution in [0.4, 0.5) is 11.4 Å². The predicted molar refractivity (Wildman–Crippen MR) is 114 cm³/mol. The van der Waals surface area contributed by atoms with Gasteiger partial charge < -0.3 is 10.1 Å². The van der Waals surface area contributed by atoms with E-state index < -0.39 is 17.4 Å². The summed E-state index contributed by atoms with van der Waals surface area (Å²) in [5, 5.41) is 3.01. The first-order valence-corrected chi connectivity index (χ1v) is 10.7. The number of anilines is 2. The van der Waals surface area contributed by atoms with Gasteiger partial charge in [0.2, 0.25) is 17.7 Å². The van der Waals surface area contributed by atoms with Crippen LogP contribution < -0.4 is 15.0 Å². The third kappa shape index (κ3) is 2.14. The third-order valence-corrected chi connectivity index (χ3v) is 7.48. The summed E-state index contributed by atoms with van der Waals surface area (Å²) < 4.78 is 5.21. The second kappa shape index (κ2) is 6.17. The number of nitrogens with zero attached hydrogens (tertiary/aromatic N) is 2. The van der Waals surface area contributed by atoms with Crippen LogP contribution in [0.1, 0.15) is 24.0 Å². The van der Waals surface area contributed by atoms with Gasteiger partial charge >= 0.3 is 0 Å². The van der Waals surface area contributed by atoms with Crippen LogP contribution in [0.5, 0.6) is 5.75 Å². The topological polar surface area (TPSA) is 79.0 Å². The van der Waals surface area contributed by atoms with Crippen LogP contribution in [0, 0.1) is 18.8 Å². The maximum Gasteiger partial charge on any atom is 0.250 e. The molecule has 4 aliphatic heterocycles. The lowest BCUT2D eigenvalue weighted by Gasteiger charge is -2.36. The second-order valence-electron chi connectivity index (χ2n) is 8.89. The quantitative estimate of drug-likeness (QED) is 0.760. The smallest absolute Gasteiger partial charge is 0.250 e. The van der Waals surface area contributed by atoms with E-state index in [0.29, 0.717) is 18.0 Å². The Bertz CT molecular complexity index is 1140. The van der Waals surface area contributed by atoms with Crippen LogP contribution >= 0.6 is 0 Å². The first-order valence-electron chi connectivity index (χ1n) is 10.7. The van der Waals surface area contributed by atoms with Gasteiger partial charge in [0.15, 0.2) is 0 Å². The van der Waals surface area contributed by atoms with E-state index in [-0.39, 0.29) is 23.8 Å². The van der Waals surface area contributed by atoms with Crippen molar-refractivity contribution in [2.75, 3.05) is 23.9 Å². The number of aryl methyl sites for hydroxylation is 1. The van der Waals surface area contributed by atoms with Crippen molar-refractivity contribution < 1.29 is 19.1 Å². The van der Waals surface area contributed by atoms with Crippen LogP contribution in [0.2, 0.25) is 0 Å². The van der Waals surface area contributed by atoms with Crippen molar-refractivity contribution in [3.05, 3.63) is 53.6 Å². The molecular weight excluding hydrogens is 394 g/mol. The molecule has 3 amide bonds. The van der Waals surface area contributed by atoms with Crippen LogP contribution in [0.3, 0.4) is 0 Å². The Kier molecular flexibility index (Phi) is 3.69. The van der Waals surface area contributed by atoms with Gasteiger partial charge in [-0.15, -0.1) is 0 Å². The van der Waals surface area contributed by atoms with Gasteiger partial charge in [-0.1, -0.05) is 17.7 Å². The first-order chi connectivity index (χ1) is 15.0. The summed E-state index contributed by atoms with van der Waals surface area (Å²) in [6.45, 7) is 2.69. The van der Waals surface area contributed by atoms with Crippen molar-refractivity contribution >= 4 is 29.1 Å². The fourth-order valence-corrected chi connectivity index (χ4v) is 6.30. The van der Waals surface area contributed by atoms with Crippen molar-refractivity contribution in [3.63, 3.8) is 0 Å². The number of hydrogen-bond donors (Lipinski definition) is 1. The summed E-state index contributed by atoms with van der Waals surface area (Å²) >= 11 is 0. The lowest BCUT2D eigenvalue weighted by atomic mass is 9.75. The van der Waals surface area contributed by atoms with Crippen LogP contribution in [-0.2, 0) is 19.9 Å². The number of carbonyl (C=O) groups excluding carboxylic acids is 3. The minimum atomic E-state index is -1.12. The summed E-state index contributed by atoms with van der Waals surface area (Å²) in [4.78, 5) is 44.5. The molecule has 0 aliphatic carbocycles. The van der Waals surface area contributed by atoms with Crippen LogP contribution in [0.15, 0.2) is 42.5 Å². The number of ether oxygens (including phenoxy) is 1. The highest BCUT2D eigenvalue weighted by Gasteiger charge is 2.74.